The summed E-state index contributed by atoms with van der Waals surface area (Å²) in [6.07, 6.45) is 1.19. The molecule has 28 heavy (non-hydrogen) atoms. The third kappa shape index (κ3) is 2.81. The molecule has 0 bridgehead atoms. The van der Waals surface area contributed by atoms with E-state index in [1.165, 1.54) is 18.2 Å². The second-order valence-corrected chi connectivity index (χ2v) is 6.73. The van der Waals surface area contributed by atoms with Gasteiger partial charge in [0, 0.05) is 34.6 Å². The van der Waals surface area contributed by atoms with E-state index in [0.717, 1.165) is 17.5 Å². The number of phenols is 1. The zero-order valence-corrected chi connectivity index (χ0v) is 15.4. The van der Waals surface area contributed by atoms with Crippen LogP contribution < -0.4 is 11.2 Å². The number of carbonyl (C=O) groups is 1. The molecule has 2 aliphatic rings. The SMILES string of the molecule is CCCC(=O)c1ccccc1-c1c2ccc(=O)cc-2oc2c(N)c(O)ccc12. The zero-order chi connectivity index (χ0) is 19.8. The average molecular weight is 373 g/mol. The Kier molecular flexibility index (Phi) is 4.35. The molecule has 1 aliphatic carbocycles. The van der Waals surface area contributed by atoms with Crippen LogP contribution in [0.25, 0.3) is 33.4 Å². The van der Waals surface area contributed by atoms with Crippen molar-refractivity contribution in [3.8, 4) is 28.2 Å². The molecule has 2 aromatic carbocycles. The van der Waals surface area contributed by atoms with Gasteiger partial charge in [0.1, 0.15) is 17.2 Å². The molecular weight excluding hydrogens is 354 g/mol. The van der Waals surface area contributed by atoms with E-state index >= 15 is 0 Å². The Balaban J connectivity index is 2.17. The summed E-state index contributed by atoms with van der Waals surface area (Å²) < 4.78 is 5.88. The molecule has 0 spiro atoms. The van der Waals surface area contributed by atoms with Crippen LogP contribution in [0.2, 0.25) is 0 Å². The molecule has 5 nitrogen and oxygen atoms in total. The number of rotatable bonds is 4. The number of carbonyl (C=O) groups excluding carboxylic acids is 1. The summed E-state index contributed by atoms with van der Waals surface area (Å²) in [6.45, 7) is 1.96. The van der Waals surface area contributed by atoms with Crippen LogP contribution in [0.1, 0.15) is 30.1 Å². The predicted molar refractivity (Wildman–Crippen MR) is 110 cm³/mol. The van der Waals surface area contributed by atoms with Gasteiger partial charge in [0.2, 0.25) is 0 Å². The lowest BCUT2D eigenvalue weighted by molar-refractivity contribution is 0.0982. The first-order valence-corrected chi connectivity index (χ1v) is 9.12. The molecule has 0 saturated heterocycles. The summed E-state index contributed by atoms with van der Waals surface area (Å²) >= 11 is 0. The zero-order valence-electron chi connectivity index (χ0n) is 15.4. The van der Waals surface area contributed by atoms with Crippen molar-refractivity contribution in [2.24, 2.45) is 0 Å². The number of fused-ring (bicyclic) bond motifs is 2. The minimum absolute atomic E-state index is 0.0485. The Hall–Kier alpha value is -3.60. The van der Waals surface area contributed by atoms with Gasteiger partial charge in [-0.1, -0.05) is 31.2 Å². The highest BCUT2D eigenvalue weighted by molar-refractivity contribution is 6.11. The number of anilines is 1. The van der Waals surface area contributed by atoms with Crippen molar-refractivity contribution in [3.05, 3.63) is 70.4 Å². The predicted octanol–water partition coefficient (Wildman–Crippen LogP) is 4.84. The molecule has 0 radical (unpaired) electrons. The second-order valence-electron chi connectivity index (χ2n) is 6.73. The van der Waals surface area contributed by atoms with Gasteiger partial charge < -0.3 is 15.3 Å². The fraction of sp³-hybridized carbons (Fsp3) is 0.130. The Labute approximate surface area is 161 Å². The van der Waals surface area contributed by atoms with Crippen molar-refractivity contribution in [3.63, 3.8) is 0 Å². The molecule has 5 heteroatoms. The minimum Gasteiger partial charge on any atom is -0.506 e. The summed E-state index contributed by atoms with van der Waals surface area (Å²) in [7, 11) is 0. The van der Waals surface area contributed by atoms with E-state index < -0.39 is 0 Å². The third-order valence-electron chi connectivity index (χ3n) is 4.85. The number of aromatic hydroxyl groups is 1. The van der Waals surface area contributed by atoms with Gasteiger partial charge in [0.25, 0.3) is 0 Å². The molecule has 0 atom stereocenters. The largest absolute Gasteiger partial charge is 0.506 e. The first kappa shape index (κ1) is 17.8. The summed E-state index contributed by atoms with van der Waals surface area (Å²) in [4.78, 5) is 24.6. The van der Waals surface area contributed by atoms with Gasteiger partial charge in [-0.15, -0.1) is 0 Å². The number of ketones is 1. The van der Waals surface area contributed by atoms with Crippen molar-refractivity contribution >= 4 is 22.4 Å². The van der Waals surface area contributed by atoms with E-state index in [-0.39, 0.29) is 28.2 Å². The number of phenolic OH excluding ortho intramolecular Hbond substituents is 1. The van der Waals surface area contributed by atoms with Crippen molar-refractivity contribution < 1.29 is 14.3 Å². The van der Waals surface area contributed by atoms with Gasteiger partial charge in [-0.05, 0) is 36.2 Å². The highest BCUT2D eigenvalue weighted by Crippen LogP contribution is 2.44. The number of benzene rings is 3. The Bertz CT molecular complexity index is 1240. The summed E-state index contributed by atoms with van der Waals surface area (Å²) in [6, 6.07) is 15.1. The Morgan fingerprint density at radius 3 is 2.64 bits per heavy atom. The number of hydrogen-bond acceptors (Lipinski definition) is 5. The fourth-order valence-corrected chi connectivity index (χ4v) is 3.54. The van der Waals surface area contributed by atoms with E-state index in [4.69, 9.17) is 10.2 Å². The van der Waals surface area contributed by atoms with E-state index in [9.17, 15) is 14.7 Å². The fourth-order valence-electron chi connectivity index (χ4n) is 3.54. The lowest BCUT2D eigenvalue weighted by Gasteiger charge is -2.18. The topological polar surface area (TPSA) is 93.5 Å². The Morgan fingerprint density at radius 2 is 1.86 bits per heavy atom. The van der Waals surface area contributed by atoms with Gasteiger partial charge in [-0.2, -0.15) is 0 Å². The Morgan fingerprint density at radius 1 is 1.07 bits per heavy atom. The van der Waals surface area contributed by atoms with Crippen LogP contribution in [0.5, 0.6) is 5.75 Å². The molecule has 4 rings (SSSR count). The molecule has 1 aliphatic heterocycles. The number of nitrogens with two attached hydrogens (primary N) is 1. The van der Waals surface area contributed by atoms with Crippen molar-refractivity contribution in [1.82, 2.24) is 0 Å². The van der Waals surface area contributed by atoms with Crippen LogP contribution in [0.4, 0.5) is 5.69 Å². The average Bonchev–Trinajstić information content (AvgIpc) is 2.69. The first-order valence-electron chi connectivity index (χ1n) is 9.12. The van der Waals surface area contributed by atoms with Crippen LogP contribution >= 0.6 is 0 Å². The lowest BCUT2D eigenvalue weighted by atomic mass is 9.88. The van der Waals surface area contributed by atoms with Crippen molar-refractivity contribution in [2.75, 3.05) is 5.73 Å². The van der Waals surface area contributed by atoms with Crippen molar-refractivity contribution in [2.45, 2.75) is 19.8 Å². The van der Waals surface area contributed by atoms with Crippen LogP contribution in [0, 0.1) is 0 Å². The molecule has 0 unspecified atom stereocenters. The molecule has 0 aromatic heterocycles. The molecular formula is C23H19NO4. The van der Waals surface area contributed by atoms with E-state index in [0.29, 0.717) is 28.7 Å². The smallest absolute Gasteiger partial charge is 0.182 e. The maximum atomic E-state index is 12.7. The minimum atomic E-state index is -0.199. The third-order valence-corrected chi connectivity index (χ3v) is 4.85. The first-order chi connectivity index (χ1) is 13.5. The van der Waals surface area contributed by atoms with Gasteiger partial charge >= 0.3 is 0 Å². The molecule has 3 N–H and O–H groups in total. The van der Waals surface area contributed by atoms with Crippen LogP contribution in [0.3, 0.4) is 0 Å². The number of hydrogen-bond donors (Lipinski definition) is 2. The summed E-state index contributed by atoms with van der Waals surface area (Å²) in [5.74, 6) is 0.299. The highest BCUT2D eigenvalue weighted by atomic mass is 16.3. The van der Waals surface area contributed by atoms with Gasteiger partial charge in [0.05, 0.1) is 0 Å². The van der Waals surface area contributed by atoms with Gasteiger partial charge in [-0.25, -0.2) is 0 Å². The monoisotopic (exact) mass is 373 g/mol. The van der Waals surface area contributed by atoms with Crippen LogP contribution in [0.15, 0.2) is 63.8 Å². The number of Topliss-reactive ketones (excluding diaryl/α,β-unsaturated/α-hetero) is 1. The van der Waals surface area contributed by atoms with Crippen LogP contribution in [-0.2, 0) is 0 Å². The van der Waals surface area contributed by atoms with Crippen LogP contribution in [-0.4, -0.2) is 10.9 Å². The van der Waals surface area contributed by atoms with E-state index in [2.05, 4.69) is 0 Å². The molecule has 0 amide bonds. The molecule has 0 fully saturated rings. The maximum absolute atomic E-state index is 12.7. The van der Waals surface area contributed by atoms with Gasteiger partial charge in [0.15, 0.2) is 16.8 Å². The number of nitrogen functional groups attached to an aromatic ring is 1. The normalized spacial score (nSPS) is 11.2. The quantitative estimate of drug-likeness (QED) is 0.231. The lowest BCUT2D eigenvalue weighted by Crippen LogP contribution is -2.04. The maximum Gasteiger partial charge on any atom is 0.182 e. The highest BCUT2D eigenvalue weighted by Gasteiger charge is 2.22. The van der Waals surface area contributed by atoms with E-state index in [1.54, 1.807) is 18.2 Å². The summed E-state index contributed by atoms with van der Waals surface area (Å²) in [5.41, 5.74) is 9.04. The second kappa shape index (κ2) is 6.85. The summed E-state index contributed by atoms with van der Waals surface area (Å²) in [5, 5.41) is 10.7. The molecule has 0 saturated carbocycles. The van der Waals surface area contributed by atoms with Gasteiger partial charge in [-0.3, -0.25) is 9.59 Å². The standard InChI is InChI=1S/C23H19NO4/c1-2-5-18(26)14-6-3-4-7-15(14)21-16-9-8-13(25)12-20(16)28-23-17(21)10-11-19(27)22(23)24/h3-4,6-12,27H,2,5,24H2,1H3. The molecule has 140 valence electrons. The molecule has 2 aromatic rings. The van der Waals surface area contributed by atoms with E-state index in [1.807, 2.05) is 25.1 Å². The van der Waals surface area contributed by atoms with Crippen molar-refractivity contribution in [1.29, 1.82) is 0 Å². The molecule has 1 heterocycles.